The molecule has 1 atom stereocenters. The Morgan fingerprint density at radius 3 is 2.84 bits per heavy atom. The van der Waals surface area contributed by atoms with Crippen molar-refractivity contribution in [3.63, 3.8) is 0 Å². The molecule has 0 bridgehead atoms. The lowest BCUT2D eigenvalue weighted by Gasteiger charge is -2.42. The third kappa shape index (κ3) is 3.04. The first-order chi connectivity index (χ1) is 8.90. The van der Waals surface area contributed by atoms with E-state index in [-0.39, 0.29) is 29.5 Å². The van der Waals surface area contributed by atoms with E-state index in [0.29, 0.717) is 13.1 Å². The van der Waals surface area contributed by atoms with Crippen LogP contribution < -0.4 is 11.3 Å². The Balaban J connectivity index is 2.05. The van der Waals surface area contributed by atoms with E-state index in [0.717, 1.165) is 6.42 Å². The van der Waals surface area contributed by atoms with Gasteiger partial charge in [-0.1, -0.05) is 19.9 Å². The average molecular weight is 263 g/mol. The number of piperidine rings is 1. The highest BCUT2D eigenvalue weighted by molar-refractivity contribution is 5.76. The Kier molecular flexibility index (Phi) is 3.75. The van der Waals surface area contributed by atoms with Crippen molar-refractivity contribution < 1.29 is 4.79 Å². The molecular formula is C14H21N3O2. The van der Waals surface area contributed by atoms with Gasteiger partial charge in [0, 0.05) is 31.4 Å². The Hall–Kier alpha value is -1.62. The molecule has 5 heteroatoms. The van der Waals surface area contributed by atoms with Gasteiger partial charge in [-0.25, -0.2) is 0 Å². The van der Waals surface area contributed by atoms with Crippen LogP contribution in [0.1, 0.15) is 20.3 Å². The molecule has 5 nitrogen and oxygen atoms in total. The van der Waals surface area contributed by atoms with Crippen LogP contribution in [0, 0.1) is 5.41 Å². The van der Waals surface area contributed by atoms with Crippen LogP contribution in [0.3, 0.4) is 0 Å². The number of hydrogen-bond donors (Lipinski definition) is 1. The number of rotatable bonds is 2. The van der Waals surface area contributed by atoms with Crippen LogP contribution in [0.5, 0.6) is 0 Å². The molecular weight excluding hydrogens is 242 g/mol. The number of likely N-dealkylation sites (tertiary alicyclic amines) is 1. The summed E-state index contributed by atoms with van der Waals surface area (Å²) < 4.78 is 1.43. The minimum absolute atomic E-state index is 0.0201. The maximum absolute atomic E-state index is 12.2. The second-order valence-electron chi connectivity index (χ2n) is 5.87. The fourth-order valence-corrected chi connectivity index (χ4v) is 2.42. The minimum atomic E-state index is -0.149. The van der Waals surface area contributed by atoms with E-state index in [1.165, 1.54) is 10.6 Å². The number of nitrogens with zero attached hydrogens (tertiary/aromatic N) is 2. The van der Waals surface area contributed by atoms with E-state index in [4.69, 9.17) is 5.73 Å². The van der Waals surface area contributed by atoms with Gasteiger partial charge in [0.1, 0.15) is 6.54 Å². The number of amides is 1. The third-order valence-electron chi connectivity index (χ3n) is 3.87. The predicted octanol–water partition coefficient (Wildman–Crippen LogP) is 0.434. The quantitative estimate of drug-likeness (QED) is 0.841. The lowest BCUT2D eigenvalue weighted by Crippen LogP contribution is -2.54. The fourth-order valence-electron chi connectivity index (χ4n) is 2.42. The maximum Gasteiger partial charge on any atom is 0.250 e. The molecule has 0 aliphatic carbocycles. The summed E-state index contributed by atoms with van der Waals surface area (Å²) in [5.41, 5.74) is 5.84. The molecule has 19 heavy (non-hydrogen) atoms. The molecule has 0 spiro atoms. The third-order valence-corrected chi connectivity index (χ3v) is 3.87. The summed E-state index contributed by atoms with van der Waals surface area (Å²) in [6.07, 6.45) is 2.45. The largest absolute Gasteiger partial charge is 0.340 e. The molecule has 1 unspecified atom stereocenters. The summed E-state index contributed by atoms with van der Waals surface area (Å²) in [7, 11) is 0. The topological polar surface area (TPSA) is 68.3 Å². The molecule has 1 saturated heterocycles. The van der Waals surface area contributed by atoms with Crippen LogP contribution in [0.4, 0.5) is 0 Å². The van der Waals surface area contributed by atoms with E-state index in [2.05, 4.69) is 13.8 Å². The van der Waals surface area contributed by atoms with Gasteiger partial charge in [0.15, 0.2) is 0 Å². The van der Waals surface area contributed by atoms with E-state index in [1.807, 2.05) is 4.90 Å². The van der Waals surface area contributed by atoms with Crippen LogP contribution in [-0.4, -0.2) is 34.5 Å². The molecule has 2 N–H and O–H groups in total. The van der Waals surface area contributed by atoms with Gasteiger partial charge in [0.2, 0.25) is 5.91 Å². The van der Waals surface area contributed by atoms with Gasteiger partial charge in [-0.05, 0) is 17.9 Å². The molecule has 0 radical (unpaired) electrons. The van der Waals surface area contributed by atoms with Crippen molar-refractivity contribution >= 4 is 5.91 Å². The Bertz CT molecular complexity index is 521. The van der Waals surface area contributed by atoms with Crippen molar-refractivity contribution in [2.45, 2.75) is 32.9 Å². The van der Waals surface area contributed by atoms with Crippen LogP contribution in [0.2, 0.25) is 0 Å². The van der Waals surface area contributed by atoms with Crippen LogP contribution in [-0.2, 0) is 11.3 Å². The molecule has 1 aromatic heterocycles. The van der Waals surface area contributed by atoms with Gasteiger partial charge in [-0.3, -0.25) is 9.59 Å². The van der Waals surface area contributed by atoms with Crippen molar-refractivity contribution in [2.24, 2.45) is 11.1 Å². The molecule has 1 fully saturated rings. The summed E-state index contributed by atoms with van der Waals surface area (Å²) in [5, 5.41) is 0. The summed E-state index contributed by atoms with van der Waals surface area (Å²) in [6.45, 7) is 5.57. The zero-order valence-electron chi connectivity index (χ0n) is 11.5. The van der Waals surface area contributed by atoms with Gasteiger partial charge in [0.25, 0.3) is 5.56 Å². The molecule has 104 valence electrons. The monoisotopic (exact) mass is 263 g/mol. The first kappa shape index (κ1) is 13.8. The number of hydrogen-bond acceptors (Lipinski definition) is 3. The lowest BCUT2D eigenvalue weighted by molar-refractivity contribution is -0.135. The second kappa shape index (κ2) is 5.17. The predicted molar refractivity (Wildman–Crippen MR) is 73.7 cm³/mol. The zero-order valence-corrected chi connectivity index (χ0v) is 11.5. The van der Waals surface area contributed by atoms with Gasteiger partial charge in [0.05, 0.1) is 0 Å². The summed E-state index contributed by atoms with van der Waals surface area (Å²) in [6, 6.07) is 5.01. The van der Waals surface area contributed by atoms with E-state index >= 15 is 0 Å². The average Bonchev–Trinajstić information content (AvgIpc) is 2.35. The van der Waals surface area contributed by atoms with Crippen molar-refractivity contribution in [3.05, 3.63) is 34.7 Å². The molecule has 1 aliphatic heterocycles. The minimum Gasteiger partial charge on any atom is -0.340 e. The van der Waals surface area contributed by atoms with Crippen molar-refractivity contribution in [1.29, 1.82) is 0 Å². The SMILES string of the molecule is CC1(C)CN(C(=O)Cn2ccccc2=O)CCC1N. The van der Waals surface area contributed by atoms with Crippen LogP contribution >= 0.6 is 0 Å². The number of carbonyl (C=O) groups excluding carboxylic acids is 1. The number of pyridine rings is 1. The van der Waals surface area contributed by atoms with E-state index in [1.54, 1.807) is 18.3 Å². The van der Waals surface area contributed by atoms with Gasteiger partial charge in [-0.15, -0.1) is 0 Å². The van der Waals surface area contributed by atoms with Gasteiger partial charge < -0.3 is 15.2 Å². The van der Waals surface area contributed by atoms with Crippen molar-refractivity contribution in [3.8, 4) is 0 Å². The second-order valence-corrected chi connectivity index (χ2v) is 5.87. The highest BCUT2D eigenvalue weighted by Gasteiger charge is 2.35. The van der Waals surface area contributed by atoms with Crippen molar-refractivity contribution in [2.75, 3.05) is 13.1 Å². The molecule has 1 amide bonds. The highest BCUT2D eigenvalue weighted by atomic mass is 16.2. The number of aromatic nitrogens is 1. The fraction of sp³-hybridized carbons (Fsp3) is 0.571. The Morgan fingerprint density at radius 1 is 1.47 bits per heavy atom. The summed E-state index contributed by atoms with van der Waals surface area (Å²) in [4.78, 5) is 25.6. The maximum atomic E-state index is 12.2. The first-order valence-corrected chi connectivity index (χ1v) is 6.59. The molecule has 0 saturated carbocycles. The van der Waals surface area contributed by atoms with E-state index in [9.17, 15) is 9.59 Å². The number of nitrogens with two attached hydrogens (primary N) is 1. The molecule has 1 aliphatic rings. The number of carbonyl (C=O) groups is 1. The smallest absolute Gasteiger partial charge is 0.250 e. The molecule has 2 rings (SSSR count). The van der Waals surface area contributed by atoms with Gasteiger partial charge >= 0.3 is 0 Å². The van der Waals surface area contributed by atoms with Crippen LogP contribution in [0.15, 0.2) is 29.2 Å². The van der Waals surface area contributed by atoms with E-state index < -0.39 is 0 Å². The summed E-state index contributed by atoms with van der Waals surface area (Å²) in [5.74, 6) is -0.0201. The van der Waals surface area contributed by atoms with Gasteiger partial charge in [-0.2, -0.15) is 0 Å². The lowest BCUT2D eigenvalue weighted by atomic mass is 9.79. The highest BCUT2D eigenvalue weighted by Crippen LogP contribution is 2.27. The zero-order chi connectivity index (χ0) is 14.0. The van der Waals surface area contributed by atoms with Crippen molar-refractivity contribution in [1.82, 2.24) is 9.47 Å². The standard InChI is InChI=1S/C14H21N3O2/c1-14(2)10-17(8-6-11(14)15)13(19)9-16-7-4-3-5-12(16)18/h3-5,7,11H,6,8-10,15H2,1-2H3. The Labute approximate surface area is 113 Å². The first-order valence-electron chi connectivity index (χ1n) is 6.59. The molecule has 0 aromatic carbocycles. The van der Waals surface area contributed by atoms with Crippen LogP contribution in [0.25, 0.3) is 0 Å². The molecule has 1 aromatic rings. The molecule has 2 heterocycles. The summed E-state index contributed by atoms with van der Waals surface area (Å²) >= 11 is 0. The normalized spacial score (nSPS) is 22.3. The Morgan fingerprint density at radius 2 is 2.21 bits per heavy atom.